The molecule has 7 heteroatoms. The lowest BCUT2D eigenvalue weighted by atomic mass is 10.1. The highest BCUT2D eigenvalue weighted by Gasteiger charge is 2.20. The SMILES string of the molecule is CC.CS/N=C(\C)c1cccc2c(Br)c(C(=O)OF)[nH]c12. The Morgan fingerprint density at radius 2 is 2.10 bits per heavy atom. The van der Waals surface area contributed by atoms with E-state index in [1.165, 1.54) is 11.9 Å². The Morgan fingerprint density at radius 1 is 1.43 bits per heavy atom. The van der Waals surface area contributed by atoms with Gasteiger partial charge in [-0.2, -0.15) is 0 Å². The molecule has 0 amide bonds. The minimum absolute atomic E-state index is 0.0434. The third kappa shape index (κ3) is 3.65. The van der Waals surface area contributed by atoms with Crippen molar-refractivity contribution >= 4 is 50.5 Å². The molecule has 0 radical (unpaired) electrons. The first-order valence-electron chi connectivity index (χ1n) is 6.31. The van der Waals surface area contributed by atoms with E-state index in [0.29, 0.717) is 9.99 Å². The standard InChI is InChI=1S/C12H10BrFN2O2S.C2H6/c1-6(16-19-2)7-4-3-5-8-9(13)11(12(17)18-14)15-10(7)8;1-2/h3-5,15H,1-2H3;1-2H3/b16-6+;. The Labute approximate surface area is 135 Å². The highest BCUT2D eigenvalue weighted by Crippen LogP contribution is 2.31. The number of benzene rings is 1. The number of nitrogens with zero attached hydrogens (tertiary/aromatic N) is 1. The van der Waals surface area contributed by atoms with Crippen LogP contribution in [0.1, 0.15) is 36.8 Å². The number of rotatable bonds is 3. The van der Waals surface area contributed by atoms with Crippen molar-refractivity contribution in [2.75, 3.05) is 6.26 Å². The van der Waals surface area contributed by atoms with Gasteiger partial charge in [-0.1, -0.05) is 32.0 Å². The zero-order valence-corrected chi connectivity index (χ0v) is 14.6. The Balaban J connectivity index is 0.00000106. The van der Waals surface area contributed by atoms with E-state index < -0.39 is 5.97 Å². The fraction of sp³-hybridized carbons (Fsp3) is 0.286. The van der Waals surface area contributed by atoms with E-state index in [1.807, 2.05) is 45.2 Å². The van der Waals surface area contributed by atoms with Gasteiger partial charge in [0.05, 0.1) is 15.7 Å². The van der Waals surface area contributed by atoms with Gasteiger partial charge in [0.2, 0.25) is 0 Å². The van der Waals surface area contributed by atoms with Gasteiger partial charge >= 0.3 is 5.97 Å². The number of halogens is 2. The van der Waals surface area contributed by atoms with E-state index in [0.717, 1.165) is 16.7 Å². The Morgan fingerprint density at radius 3 is 2.67 bits per heavy atom. The molecule has 21 heavy (non-hydrogen) atoms. The summed E-state index contributed by atoms with van der Waals surface area (Å²) in [5, 5.41) is 0.772. The summed E-state index contributed by atoms with van der Waals surface area (Å²) in [4.78, 5) is 17.4. The monoisotopic (exact) mass is 374 g/mol. The maximum atomic E-state index is 12.0. The van der Waals surface area contributed by atoms with Crippen LogP contribution in [0.25, 0.3) is 10.9 Å². The van der Waals surface area contributed by atoms with Crippen molar-refractivity contribution in [2.24, 2.45) is 4.40 Å². The quantitative estimate of drug-likeness (QED) is 0.601. The maximum absolute atomic E-state index is 12.0. The predicted molar refractivity (Wildman–Crippen MR) is 89.6 cm³/mol. The number of carbonyl (C=O) groups excluding carboxylic acids is 1. The molecule has 1 aromatic heterocycles. The number of H-pyrrole nitrogens is 1. The van der Waals surface area contributed by atoms with Crippen LogP contribution in [0, 0.1) is 0 Å². The van der Waals surface area contributed by atoms with E-state index in [1.54, 1.807) is 0 Å². The Bertz CT molecular complexity index is 670. The molecule has 0 atom stereocenters. The summed E-state index contributed by atoms with van der Waals surface area (Å²) >= 11 is 4.62. The highest BCUT2D eigenvalue weighted by atomic mass is 79.9. The van der Waals surface area contributed by atoms with E-state index in [4.69, 9.17) is 0 Å². The largest absolute Gasteiger partial charge is 0.396 e. The summed E-state index contributed by atoms with van der Waals surface area (Å²) in [5.74, 6) is -1.06. The number of fused-ring (bicyclic) bond motifs is 1. The number of para-hydroxylation sites is 1. The molecule has 0 bridgehead atoms. The number of hydrogen-bond acceptors (Lipinski definition) is 4. The summed E-state index contributed by atoms with van der Waals surface area (Å²) in [5.41, 5.74) is 2.42. The second kappa shape index (κ2) is 8.19. The van der Waals surface area contributed by atoms with Crippen LogP contribution in [-0.2, 0) is 4.94 Å². The molecule has 0 aliphatic carbocycles. The smallest absolute Gasteiger partial charge is 0.347 e. The molecule has 2 aromatic rings. The first kappa shape index (κ1) is 17.7. The van der Waals surface area contributed by atoms with E-state index in [-0.39, 0.29) is 5.69 Å². The molecule has 0 unspecified atom stereocenters. The zero-order chi connectivity index (χ0) is 16.0. The molecule has 1 aromatic carbocycles. The van der Waals surface area contributed by atoms with Crippen molar-refractivity contribution in [3.05, 3.63) is 33.9 Å². The second-order valence-electron chi connectivity index (χ2n) is 3.77. The maximum Gasteiger partial charge on any atom is 0.396 e. The molecule has 2 rings (SSSR count). The van der Waals surface area contributed by atoms with Crippen LogP contribution < -0.4 is 0 Å². The molecule has 0 fully saturated rings. The van der Waals surface area contributed by atoms with Gasteiger partial charge in [-0.3, -0.25) is 0 Å². The average Bonchev–Trinajstić information content (AvgIpc) is 2.86. The lowest BCUT2D eigenvalue weighted by molar-refractivity contribution is -0.0793. The van der Waals surface area contributed by atoms with Crippen LogP contribution in [0.15, 0.2) is 27.1 Å². The topological polar surface area (TPSA) is 54.4 Å². The summed E-state index contributed by atoms with van der Waals surface area (Å²) in [6, 6.07) is 5.55. The number of hydrogen-bond donors (Lipinski definition) is 1. The third-order valence-corrected chi connectivity index (χ3v) is 3.94. The fourth-order valence-electron chi connectivity index (χ4n) is 1.85. The lowest BCUT2D eigenvalue weighted by Gasteiger charge is -2.01. The highest BCUT2D eigenvalue weighted by molar-refractivity contribution is 9.10. The molecular formula is C14H16BrFN2O2S. The number of aromatic amines is 1. The molecule has 0 aliphatic heterocycles. The first-order chi connectivity index (χ1) is 10.1. The van der Waals surface area contributed by atoms with Crippen molar-refractivity contribution in [1.29, 1.82) is 0 Å². The second-order valence-corrected chi connectivity index (χ2v) is 5.11. The Hall–Kier alpha value is -1.34. The third-order valence-electron chi connectivity index (χ3n) is 2.66. The number of aromatic nitrogens is 1. The van der Waals surface area contributed by atoms with Gasteiger partial charge in [-0.15, -0.1) is 0 Å². The summed E-state index contributed by atoms with van der Waals surface area (Å²) in [7, 11) is 0. The average molecular weight is 375 g/mol. The van der Waals surface area contributed by atoms with Crippen LogP contribution in [-0.4, -0.2) is 22.9 Å². The van der Waals surface area contributed by atoms with E-state index in [2.05, 4.69) is 30.3 Å². The molecule has 4 nitrogen and oxygen atoms in total. The van der Waals surface area contributed by atoms with Gasteiger partial charge < -0.3 is 4.98 Å². The van der Waals surface area contributed by atoms with E-state index in [9.17, 15) is 9.32 Å². The molecular weight excluding hydrogens is 359 g/mol. The van der Waals surface area contributed by atoms with Crippen molar-refractivity contribution in [3.63, 3.8) is 0 Å². The predicted octanol–water partition coefficient (Wildman–Crippen LogP) is 5.08. The van der Waals surface area contributed by atoms with Crippen molar-refractivity contribution < 1.29 is 14.3 Å². The van der Waals surface area contributed by atoms with Gasteiger partial charge in [-0.05, 0) is 34.8 Å². The normalized spacial score (nSPS) is 11.0. The molecule has 0 spiro atoms. The summed E-state index contributed by atoms with van der Waals surface area (Å²) in [6.45, 7) is 5.87. The van der Waals surface area contributed by atoms with Crippen LogP contribution in [0.5, 0.6) is 0 Å². The van der Waals surface area contributed by atoms with Crippen molar-refractivity contribution in [2.45, 2.75) is 20.8 Å². The van der Waals surface area contributed by atoms with Crippen molar-refractivity contribution in [1.82, 2.24) is 4.98 Å². The van der Waals surface area contributed by atoms with Gasteiger partial charge in [0.25, 0.3) is 0 Å². The molecule has 114 valence electrons. The van der Waals surface area contributed by atoms with Gasteiger partial charge in [-0.25, -0.2) is 14.1 Å². The minimum atomic E-state index is -1.06. The van der Waals surface area contributed by atoms with Gasteiger partial charge in [0, 0.05) is 21.7 Å². The molecule has 1 heterocycles. The Kier molecular flexibility index (Phi) is 6.91. The van der Waals surface area contributed by atoms with Crippen LogP contribution in [0.3, 0.4) is 0 Å². The van der Waals surface area contributed by atoms with Crippen LogP contribution in [0.2, 0.25) is 0 Å². The number of carbonyl (C=O) groups is 1. The molecule has 0 saturated heterocycles. The minimum Gasteiger partial charge on any atom is -0.347 e. The summed E-state index contributed by atoms with van der Waals surface area (Å²) < 4.78 is 16.8. The van der Waals surface area contributed by atoms with Gasteiger partial charge in [0.1, 0.15) is 5.69 Å². The molecule has 0 aliphatic rings. The van der Waals surface area contributed by atoms with Crippen LogP contribution >= 0.6 is 27.9 Å². The molecule has 1 N–H and O–H groups in total. The van der Waals surface area contributed by atoms with Crippen LogP contribution in [0.4, 0.5) is 4.53 Å². The number of nitrogens with one attached hydrogen (secondary N) is 1. The van der Waals surface area contributed by atoms with Crippen molar-refractivity contribution in [3.8, 4) is 0 Å². The zero-order valence-electron chi connectivity index (χ0n) is 12.2. The lowest BCUT2D eigenvalue weighted by Crippen LogP contribution is -2.00. The fourth-order valence-corrected chi connectivity index (χ4v) is 2.81. The summed E-state index contributed by atoms with van der Waals surface area (Å²) in [6.07, 6.45) is 1.86. The van der Waals surface area contributed by atoms with E-state index >= 15 is 0 Å². The van der Waals surface area contributed by atoms with Gasteiger partial charge in [0.15, 0.2) is 0 Å². The molecule has 0 saturated carbocycles. The first-order valence-corrected chi connectivity index (χ1v) is 8.28.